The lowest BCUT2D eigenvalue weighted by Crippen LogP contribution is -2.27. The molecule has 144 heavy (non-hydrogen) atoms. The zero-order valence-electron chi connectivity index (χ0n) is 80.1. The molecule has 6 atom stereocenters. The topological polar surface area (TPSA) is 511 Å². The number of benzene rings is 7. The molecular formula is C103H119FN26O6S8. The monoisotopic (exact) mass is 2090 g/mol. The van der Waals surface area contributed by atoms with Gasteiger partial charge in [-0.15, -0.1) is 83.9 Å². The van der Waals surface area contributed by atoms with E-state index < -0.39 is 0 Å². The number of carbonyl (C=O) groups is 6. The molecule has 0 spiro atoms. The number of nitrogens with two attached hydrogens (primary N) is 6. The fourth-order valence-corrected chi connectivity index (χ4v) is 22.9. The van der Waals surface area contributed by atoms with Crippen LogP contribution in [0.5, 0.6) is 0 Å². The molecule has 7 aromatic carbocycles. The number of halogens is 1. The first-order valence-corrected chi connectivity index (χ1v) is 53.3. The van der Waals surface area contributed by atoms with Crippen molar-refractivity contribution in [3.8, 4) is 30.5 Å². The maximum Gasteiger partial charge on any atom is 0.217 e. The molecule has 1 aliphatic heterocycles. The second-order valence-electron chi connectivity index (χ2n) is 34.5. The van der Waals surface area contributed by atoms with E-state index in [1.165, 1.54) is 155 Å². The molecule has 752 valence electrons. The van der Waals surface area contributed by atoms with Crippen molar-refractivity contribution in [1.29, 1.82) is 0 Å². The van der Waals surface area contributed by atoms with Crippen LogP contribution in [0.15, 0.2) is 204 Å². The van der Waals surface area contributed by atoms with Crippen molar-refractivity contribution < 1.29 is 33.2 Å². The first-order valence-electron chi connectivity index (χ1n) is 46.6. The van der Waals surface area contributed by atoms with Crippen molar-refractivity contribution in [2.24, 2.45) is 4.99 Å². The van der Waals surface area contributed by atoms with Gasteiger partial charge in [-0.05, 0) is 206 Å². The second kappa shape index (κ2) is 54.6. The summed E-state index contributed by atoms with van der Waals surface area (Å²) in [5.41, 5.74) is 47.3. The van der Waals surface area contributed by atoms with E-state index in [1.807, 2.05) is 194 Å². The summed E-state index contributed by atoms with van der Waals surface area (Å²) in [4.78, 5) is 79.0. The minimum Gasteiger partial charge on any atom is -0.399 e. The van der Waals surface area contributed by atoms with Crippen LogP contribution >= 0.6 is 90.7 Å². The Morgan fingerprint density at radius 1 is 0.347 bits per heavy atom. The molecule has 0 saturated heterocycles. The smallest absolute Gasteiger partial charge is 0.217 e. The highest BCUT2D eigenvalue weighted by molar-refractivity contribution is 7.21. The van der Waals surface area contributed by atoms with E-state index in [-0.39, 0.29) is 84.9 Å². The standard InChI is InChI=1S/C19H19FN4OS.2C18H24N4OS.C16H17N5OS.C16H16N4OS2.C15H15N5OS2.CH4/c1-11-3-8-15(16(20)9-11)18-23-24-19(26-18)17(22-12(2)25)10-13-4-6-14(21)7-5-13;2*1-12(23)20-16(11-13-7-9-15(19)10-8-13)18-22-21-17(24-18)14-5-3-2-4-6-14;1-10(22)19-14(9-11-4-6-12(17)7-5-11)16-21-20-15(23-16)13-3-2-8-18-13;1-10(21)18-13(9-11-4-6-12(17)7-5-11)15-19-20-16(23-15)14-3-2-8-22-14;1-9(21)18-12(8-10-2-4-11(16)5-3-10)13-19-20-15(23-13)14-17-6-7-22-14;/h3-9,17H,10,21H2,1-2H3,(H,22,25);2*7-10,14,16H,2-6,11,19H2,1H3,(H,20,23);3-8,14H,2,9,17H2,1H3,(H,19,22);2-8,13H,9,17H2,1H3,(H,18,21);2-7,12H,8,16H2,1H3,(H,18,21);1H4/t17-;2*16-;14-;13-;12-;/m000000./s1. The lowest BCUT2D eigenvalue weighted by molar-refractivity contribution is -0.120. The number of nitrogen functional groups attached to an aromatic ring is 6. The van der Waals surface area contributed by atoms with Gasteiger partial charge in [-0.25, -0.2) is 9.37 Å². The van der Waals surface area contributed by atoms with Crippen LogP contribution in [-0.4, -0.2) is 108 Å². The van der Waals surface area contributed by atoms with Crippen LogP contribution in [0.3, 0.4) is 0 Å². The number of aliphatic imine (C=N–C) groups is 1. The summed E-state index contributed by atoms with van der Waals surface area (Å²) in [5, 5.41) is 83.7. The Balaban J connectivity index is 0.000000154. The Kier molecular flexibility index (Phi) is 41.3. The normalized spacial score (nSPS) is 13.9. The molecule has 41 heteroatoms. The maximum absolute atomic E-state index is 14.2. The second-order valence-corrected chi connectivity index (χ2v) is 42.5. The van der Waals surface area contributed by atoms with Gasteiger partial charge in [0.25, 0.3) is 0 Å². The van der Waals surface area contributed by atoms with Gasteiger partial charge in [0.2, 0.25) is 35.4 Å². The van der Waals surface area contributed by atoms with Crippen LogP contribution in [0.4, 0.5) is 38.5 Å². The van der Waals surface area contributed by atoms with Gasteiger partial charge in [0.05, 0.1) is 46.8 Å². The Labute approximate surface area is 868 Å². The predicted molar refractivity (Wildman–Crippen MR) is 580 cm³/mol. The largest absolute Gasteiger partial charge is 0.399 e. The van der Waals surface area contributed by atoms with Crippen LogP contribution in [0.1, 0.15) is 252 Å². The number of nitrogens with zero attached hydrogens (tertiary/aromatic N) is 14. The molecule has 32 nitrogen and oxygen atoms in total. The third-order valence-electron chi connectivity index (χ3n) is 22.7. The summed E-state index contributed by atoms with van der Waals surface area (Å²) in [6.45, 7) is 10.9. The molecule has 0 unspecified atom stereocenters. The molecule has 0 radical (unpaired) electrons. The number of aryl methyl sites for hydroxylation is 1. The van der Waals surface area contributed by atoms with Crippen molar-refractivity contribution in [3.05, 3.63) is 289 Å². The van der Waals surface area contributed by atoms with Crippen molar-refractivity contribution in [3.63, 3.8) is 0 Å². The summed E-state index contributed by atoms with van der Waals surface area (Å²) in [6.07, 6.45) is 22.9. The van der Waals surface area contributed by atoms with E-state index in [0.29, 0.717) is 83.0 Å². The maximum atomic E-state index is 14.2. The van der Waals surface area contributed by atoms with Crippen LogP contribution in [0, 0.1) is 12.7 Å². The Morgan fingerprint density at radius 2 is 0.653 bits per heavy atom. The number of thiazole rings is 1. The average Bonchev–Trinajstić information content (AvgIpc) is 1.59. The number of anilines is 6. The molecule has 9 heterocycles. The van der Waals surface area contributed by atoms with Crippen molar-refractivity contribution in [2.75, 3.05) is 34.4 Å². The van der Waals surface area contributed by atoms with E-state index in [0.717, 1.165) is 128 Å². The summed E-state index contributed by atoms with van der Waals surface area (Å²) in [7, 11) is 0. The number of hydrogen-bond donors (Lipinski definition) is 12. The predicted octanol–water partition coefficient (Wildman–Crippen LogP) is 19.8. The third-order valence-corrected chi connectivity index (χ3v) is 31.3. The quantitative estimate of drug-likeness (QED) is 0.0186. The Hall–Kier alpha value is -13.8. The summed E-state index contributed by atoms with van der Waals surface area (Å²) in [6, 6.07) is 53.6. The molecule has 3 aliphatic rings. The Morgan fingerprint density at radius 3 is 0.958 bits per heavy atom. The van der Waals surface area contributed by atoms with Gasteiger partial charge >= 0.3 is 0 Å². The average molecular weight is 2090 g/mol. The molecule has 2 aliphatic carbocycles. The highest BCUT2D eigenvalue weighted by Crippen LogP contribution is 2.41. The molecule has 8 aromatic heterocycles. The van der Waals surface area contributed by atoms with Gasteiger partial charge in [0.1, 0.15) is 45.9 Å². The first-order chi connectivity index (χ1) is 69.0. The third kappa shape index (κ3) is 34.2. The van der Waals surface area contributed by atoms with Crippen LogP contribution in [0.2, 0.25) is 0 Å². The van der Waals surface area contributed by atoms with Crippen molar-refractivity contribution in [2.45, 2.75) is 213 Å². The molecule has 15 aromatic rings. The minimum absolute atomic E-state index is 0. The number of carbonyl (C=O) groups excluding carboxylic acids is 6. The van der Waals surface area contributed by atoms with Gasteiger partial charge in [-0.2, -0.15) is 0 Å². The fourth-order valence-electron chi connectivity index (χ4n) is 15.7. The van der Waals surface area contributed by atoms with Crippen molar-refractivity contribution in [1.82, 2.24) is 98.1 Å². The number of allylic oxidation sites excluding steroid dienone is 1. The van der Waals surface area contributed by atoms with E-state index in [9.17, 15) is 33.2 Å². The highest BCUT2D eigenvalue weighted by atomic mass is 32.1. The molecule has 2 fully saturated rings. The Bertz CT molecular complexity index is 6410. The van der Waals surface area contributed by atoms with Crippen LogP contribution in [-0.2, 0) is 67.3 Å². The number of nitrogens with one attached hydrogen (secondary N) is 6. The number of hydrogen-bond acceptors (Lipinski definition) is 34. The van der Waals surface area contributed by atoms with Gasteiger partial charge in [0.15, 0.2) is 25.0 Å². The van der Waals surface area contributed by atoms with Gasteiger partial charge < -0.3 is 66.3 Å². The number of amides is 6. The first kappa shape index (κ1) is 109. The van der Waals surface area contributed by atoms with Gasteiger partial charge in [-0.1, -0.05) is 205 Å². The zero-order chi connectivity index (χ0) is 101. The minimum atomic E-state index is -0.337. The fraction of sp³-hybridized carbons (Fsp3) is 0.320. The molecular weight excluding hydrogens is 1970 g/mol. The molecule has 6 amide bonds. The molecule has 18 N–H and O–H groups in total. The lowest BCUT2D eigenvalue weighted by Gasteiger charge is -2.18. The molecule has 0 bridgehead atoms. The summed E-state index contributed by atoms with van der Waals surface area (Å²) < 4.78 is 14.2. The van der Waals surface area contributed by atoms with Gasteiger partial charge in [0, 0.05) is 117 Å². The van der Waals surface area contributed by atoms with Gasteiger partial charge in [-0.3, -0.25) is 33.8 Å². The number of aromatic nitrogens is 13. The summed E-state index contributed by atoms with van der Waals surface area (Å²) >= 11 is 12.1. The summed E-state index contributed by atoms with van der Waals surface area (Å²) in [5.74, 6) is 0.204. The highest BCUT2D eigenvalue weighted by Gasteiger charge is 2.30. The molecule has 2 saturated carbocycles. The van der Waals surface area contributed by atoms with E-state index in [4.69, 9.17) is 34.4 Å². The number of rotatable bonds is 30. The van der Waals surface area contributed by atoms with Crippen molar-refractivity contribution >= 4 is 172 Å². The van der Waals surface area contributed by atoms with E-state index >= 15 is 0 Å². The SMILES string of the molecule is C.CC(=O)N[C@@H](Cc1ccc(N)cc1)c1nnc(-c2ccc(C)cc2F)s1.CC(=O)N[C@@H](Cc1ccc(N)cc1)c1nnc(-c2cccs2)s1.CC(=O)N[C@@H](Cc1ccc(N)cc1)c1nnc(-c2nccs2)s1.CC(=O)N[C@@H](Cc1ccc(N)cc1)c1nnc(C2=CCC=N2)s1.CC(=O)N[C@@H](Cc1ccc(N)cc1)c1nnc(C2CCCCC2)s1.CC(=O)N[C@@H](Cc1ccc(N)cc1)c1nnc(C2CCCCC2)s1. The van der Waals surface area contributed by atoms with E-state index in [1.54, 1.807) is 60.1 Å². The zero-order valence-corrected chi connectivity index (χ0v) is 86.6. The molecule has 18 rings (SSSR count). The van der Waals surface area contributed by atoms with Crippen LogP contribution in [0.25, 0.3) is 36.2 Å². The van der Waals surface area contributed by atoms with Crippen LogP contribution < -0.4 is 66.3 Å². The number of thiophene rings is 1. The van der Waals surface area contributed by atoms with E-state index in [2.05, 4.69) is 103 Å². The lowest BCUT2D eigenvalue weighted by atomic mass is 9.90.